The van der Waals surface area contributed by atoms with Gasteiger partial charge in [0.05, 0.1) is 0 Å². The minimum Gasteiger partial charge on any atom is -0.508 e. The lowest BCUT2D eigenvalue weighted by molar-refractivity contribution is 0.468. The fourth-order valence-electron chi connectivity index (χ4n) is 1.78. The average Bonchev–Trinajstić information content (AvgIpc) is 2.24. The van der Waals surface area contributed by atoms with E-state index in [9.17, 15) is 5.11 Å². The van der Waals surface area contributed by atoms with Crippen LogP contribution < -0.4 is 0 Å². The highest BCUT2D eigenvalue weighted by atomic mass is 16.3. The van der Waals surface area contributed by atoms with Gasteiger partial charge in [0.25, 0.3) is 0 Å². The summed E-state index contributed by atoms with van der Waals surface area (Å²) in [6, 6.07) is 3.90. The Kier molecular flexibility index (Phi) is 4.59. The molecule has 0 saturated carbocycles. The number of hydrogen-bond acceptors (Lipinski definition) is 1. The zero-order valence-corrected chi connectivity index (χ0v) is 9.58. The van der Waals surface area contributed by atoms with Gasteiger partial charge in [0.2, 0.25) is 0 Å². The maximum atomic E-state index is 9.94. The Balaban J connectivity index is 3.19. The second-order valence-corrected chi connectivity index (χ2v) is 3.73. The van der Waals surface area contributed by atoms with Gasteiger partial charge in [-0.15, -0.1) is 19.7 Å². The first-order chi connectivity index (χ1) is 7.72. The highest BCUT2D eigenvalue weighted by Gasteiger charge is 2.07. The van der Waals surface area contributed by atoms with Crippen LogP contribution in [0.15, 0.2) is 50.1 Å². The van der Waals surface area contributed by atoms with Gasteiger partial charge in [-0.25, -0.2) is 0 Å². The Morgan fingerprint density at radius 2 is 1.56 bits per heavy atom. The third-order valence-electron chi connectivity index (χ3n) is 2.47. The molecule has 0 aliphatic carbocycles. The summed E-state index contributed by atoms with van der Waals surface area (Å²) in [5.74, 6) is 0.344. The molecule has 1 rings (SSSR count). The molecule has 1 aromatic rings. The van der Waals surface area contributed by atoms with E-state index in [2.05, 4.69) is 25.8 Å². The van der Waals surface area contributed by atoms with Crippen molar-refractivity contribution in [3.05, 3.63) is 66.8 Å². The molecule has 1 aromatic carbocycles. The molecule has 0 aromatic heterocycles. The van der Waals surface area contributed by atoms with Crippen LogP contribution in [0.4, 0.5) is 0 Å². The third kappa shape index (κ3) is 2.86. The molecule has 0 atom stereocenters. The Hall–Kier alpha value is -1.76. The monoisotopic (exact) mass is 214 g/mol. The minimum atomic E-state index is 0.344. The lowest BCUT2D eigenvalue weighted by Gasteiger charge is -2.11. The number of rotatable bonds is 6. The molecule has 16 heavy (non-hydrogen) atoms. The van der Waals surface area contributed by atoms with Gasteiger partial charge in [-0.1, -0.05) is 24.3 Å². The van der Waals surface area contributed by atoms with Gasteiger partial charge in [-0.3, -0.25) is 0 Å². The molecule has 0 radical (unpaired) electrons. The smallest absolute Gasteiger partial charge is 0.119 e. The summed E-state index contributed by atoms with van der Waals surface area (Å²) < 4.78 is 0. The van der Waals surface area contributed by atoms with Crippen molar-refractivity contribution in [3.63, 3.8) is 0 Å². The van der Waals surface area contributed by atoms with Crippen molar-refractivity contribution < 1.29 is 5.11 Å². The fraction of sp³-hybridized carbons (Fsp3) is 0.200. The van der Waals surface area contributed by atoms with E-state index in [0.29, 0.717) is 12.2 Å². The molecule has 0 unspecified atom stereocenters. The highest BCUT2D eigenvalue weighted by Crippen LogP contribution is 2.25. The SMILES string of the molecule is C=CCc1cc(O)c(CC=C)c(CC=C)c1. The molecular formula is C15H18O. The Morgan fingerprint density at radius 3 is 2.12 bits per heavy atom. The third-order valence-corrected chi connectivity index (χ3v) is 2.47. The number of phenols is 1. The van der Waals surface area contributed by atoms with E-state index in [0.717, 1.165) is 29.5 Å². The molecule has 0 heterocycles. The first kappa shape index (κ1) is 12.3. The summed E-state index contributed by atoms with van der Waals surface area (Å²) in [4.78, 5) is 0. The van der Waals surface area contributed by atoms with Crippen LogP contribution in [-0.4, -0.2) is 5.11 Å². The number of aromatic hydroxyl groups is 1. The highest BCUT2D eigenvalue weighted by molar-refractivity contribution is 5.45. The quantitative estimate of drug-likeness (QED) is 0.718. The van der Waals surface area contributed by atoms with Gasteiger partial charge >= 0.3 is 0 Å². The molecule has 0 aliphatic heterocycles. The van der Waals surface area contributed by atoms with Crippen LogP contribution in [0.2, 0.25) is 0 Å². The second kappa shape index (κ2) is 5.96. The van der Waals surface area contributed by atoms with Crippen LogP contribution in [0.25, 0.3) is 0 Å². The van der Waals surface area contributed by atoms with Crippen LogP contribution in [0.5, 0.6) is 5.75 Å². The zero-order valence-electron chi connectivity index (χ0n) is 9.58. The average molecular weight is 214 g/mol. The number of benzene rings is 1. The molecular weight excluding hydrogens is 196 g/mol. The first-order valence-corrected chi connectivity index (χ1v) is 5.39. The van der Waals surface area contributed by atoms with E-state index in [1.165, 1.54) is 0 Å². The maximum Gasteiger partial charge on any atom is 0.119 e. The first-order valence-electron chi connectivity index (χ1n) is 5.39. The predicted octanol–water partition coefficient (Wildman–Crippen LogP) is 3.58. The standard InChI is InChI=1S/C15H18O/c1-4-7-12-10-13(8-5-2)14(9-6-3)15(16)11-12/h4-6,10-11,16H,1-3,7-9H2. The van der Waals surface area contributed by atoms with Gasteiger partial charge in [0.1, 0.15) is 5.75 Å². The lowest BCUT2D eigenvalue weighted by Crippen LogP contribution is -1.95. The Morgan fingerprint density at radius 1 is 0.938 bits per heavy atom. The van der Waals surface area contributed by atoms with Crippen LogP contribution in [0, 0.1) is 0 Å². The number of hydrogen-bond donors (Lipinski definition) is 1. The number of allylic oxidation sites excluding steroid dienone is 3. The second-order valence-electron chi connectivity index (χ2n) is 3.73. The van der Waals surface area contributed by atoms with Crippen molar-refractivity contribution in [2.45, 2.75) is 19.3 Å². The van der Waals surface area contributed by atoms with Gasteiger partial charge in [0.15, 0.2) is 0 Å². The van der Waals surface area contributed by atoms with Crippen molar-refractivity contribution in [3.8, 4) is 5.75 Å². The van der Waals surface area contributed by atoms with Crippen molar-refractivity contribution >= 4 is 0 Å². The largest absolute Gasteiger partial charge is 0.508 e. The van der Waals surface area contributed by atoms with Crippen molar-refractivity contribution in [1.82, 2.24) is 0 Å². The lowest BCUT2D eigenvalue weighted by atomic mass is 9.96. The normalized spacial score (nSPS) is 9.75. The van der Waals surface area contributed by atoms with Gasteiger partial charge < -0.3 is 5.11 Å². The van der Waals surface area contributed by atoms with Crippen molar-refractivity contribution in [1.29, 1.82) is 0 Å². The summed E-state index contributed by atoms with van der Waals surface area (Å²) in [6.45, 7) is 11.1. The molecule has 0 saturated heterocycles. The molecule has 0 fully saturated rings. The molecule has 0 spiro atoms. The molecule has 0 aliphatic rings. The molecule has 0 bridgehead atoms. The molecule has 1 nitrogen and oxygen atoms in total. The summed E-state index contributed by atoms with van der Waals surface area (Å²) in [6.07, 6.45) is 7.70. The van der Waals surface area contributed by atoms with Crippen molar-refractivity contribution in [2.24, 2.45) is 0 Å². The fourth-order valence-corrected chi connectivity index (χ4v) is 1.78. The Bertz CT molecular complexity index is 402. The summed E-state index contributed by atoms with van der Waals surface area (Å²) in [7, 11) is 0. The van der Waals surface area contributed by atoms with Crippen molar-refractivity contribution in [2.75, 3.05) is 0 Å². The van der Waals surface area contributed by atoms with Crippen LogP contribution in [0.3, 0.4) is 0 Å². The van der Waals surface area contributed by atoms with E-state index < -0.39 is 0 Å². The van der Waals surface area contributed by atoms with E-state index >= 15 is 0 Å². The zero-order chi connectivity index (χ0) is 12.0. The van der Waals surface area contributed by atoms with Crippen LogP contribution >= 0.6 is 0 Å². The summed E-state index contributed by atoms with van der Waals surface area (Å²) in [5.41, 5.74) is 3.15. The van der Waals surface area contributed by atoms with Gasteiger partial charge in [0, 0.05) is 5.56 Å². The van der Waals surface area contributed by atoms with Gasteiger partial charge in [-0.05, 0) is 36.5 Å². The molecule has 1 N–H and O–H groups in total. The molecule has 1 heteroatoms. The predicted molar refractivity (Wildman–Crippen MR) is 69.8 cm³/mol. The van der Waals surface area contributed by atoms with E-state index in [1.54, 1.807) is 12.1 Å². The van der Waals surface area contributed by atoms with Gasteiger partial charge in [-0.2, -0.15) is 0 Å². The van der Waals surface area contributed by atoms with Crippen LogP contribution in [0.1, 0.15) is 16.7 Å². The molecule has 84 valence electrons. The summed E-state index contributed by atoms with van der Waals surface area (Å²) >= 11 is 0. The van der Waals surface area contributed by atoms with E-state index in [1.807, 2.05) is 12.2 Å². The van der Waals surface area contributed by atoms with Crippen LogP contribution in [-0.2, 0) is 19.3 Å². The van der Waals surface area contributed by atoms with E-state index in [4.69, 9.17) is 0 Å². The summed E-state index contributed by atoms with van der Waals surface area (Å²) in [5, 5.41) is 9.94. The minimum absolute atomic E-state index is 0.344. The maximum absolute atomic E-state index is 9.94. The topological polar surface area (TPSA) is 20.2 Å². The Labute approximate surface area is 97.4 Å². The molecule has 0 amide bonds. The number of phenolic OH excluding ortho intramolecular Hbond substituents is 1. The van der Waals surface area contributed by atoms with E-state index in [-0.39, 0.29) is 0 Å².